The highest BCUT2D eigenvalue weighted by atomic mass is 32.1. The number of benzene rings is 2. The second-order valence-electron chi connectivity index (χ2n) is 13.3. The van der Waals surface area contributed by atoms with Gasteiger partial charge in [-0.3, -0.25) is 9.59 Å². The van der Waals surface area contributed by atoms with Crippen LogP contribution in [0.15, 0.2) is 64.7 Å². The fraction of sp³-hybridized carbons (Fsp3) is 0.500. The van der Waals surface area contributed by atoms with E-state index in [2.05, 4.69) is 66.7 Å². The van der Waals surface area contributed by atoms with Gasteiger partial charge in [-0.25, -0.2) is 16.4 Å². The highest BCUT2D eigenvalue weighted by molar-refractivity contribution is 7.21. The summed E-state index contributed by atoms with van der Waals surface area (Å²) in [6.45, 7) is 9.42. The first-order chi connectivity index (χ1) is 22.2. The molecule has 10 heteroatoms. The van der Waals surface area contributed by atoms with Gasteiger partial charge in [0, 0.05) is 23.2 Å². The Bertz CT molecular complexity index is 1540. The molecule has 2 amide bonds. The van der Waals surface area contributed by atoms with E-state index in [0.29, 0.717) is 47.8 Å². The molecule has 0 bridgehead atoms. The Labute approximate surface area is 276 Å². The molecule has 6 N–H and O–H groups in total. The number of amides is 2. The van der Waals surface area contributed by atoms with Gasteiger partial charge < -0.3 is 16.0 Å². The van der Waals surface area contributed by atoms with E-state index < -0.39 is 5.66 Å². The van der Waals surface area contributed by atoms with Gasteiger partial charge in [0.25, 0.3) is 11.8 Å². The lowest BCUT2D eigenvalue weighted by Crippen LogP contribution is -2.51. The first-order valence-electron chi connectivity index (χ1n) is 16.7. The number of hydrazine groups is 1. The zero-order chi connectivity index (χ0) is 32.8. The van der Waals surface area contributed by atoms with Crippen molar-refractivity contribution in [1.82, 2.24) is 15.8 Å². The highest BCUT2D eigenvalue weighted by Crippen LogP contribution is 2.49. The average Bonchev–Trinajstić information content (AvgIpc) is 3.60. The molecule has 0 saturated heterocycles. The average molecular weight is 644 g/mol. The lowest BCUT2D eigenvalue weighted by Gasteiger charge is -2.46. The molecular formula is C36H49N7O2S. The molecule has 1 aliphatic heterocycles. The third-order valence-corrected chi connectivity index (χ3v) is 11.0. The zero-order valence-electron chi connectivity index (χ0n) is 27.6. The van der Waals surface area contributed by atoms with Crippen molar-refractivity contribution in [3.63, 3.8) is 0 Å². The molecule has 2 heterocycles. The first-order valence-corrected chi connectivity index (χ1v) is 17.6. The molecule has 246 valence electrons. The van der Waals surface area contributed by atoms with Crippen molar-refractivity contribution in [3.05, 3.63) is 70.6 Å². The molecule has 1 aliphatic carbocycles. The summed E-state index contributed by atoms with van der Waals surface area (Å²) in [7, 11) is 0. The van der Waals surface area contributed by atoms with Gasteiger partial charge in [-0.2, -0.15) is 5.10 Å². The number of fused-ring (bicyclic) bond motifs is 1. The molecule has 1 fully saturated rings. The maximum atomic E-state index is 14.7. The molecule has 1 saturated carbocycles. The third-order valence-electron chi connectivity index (χ3n) is 9.89. The number of hydrogen-bond donors (Lipinski definition) is 4. The molecule has 9 nitrogen and oxygen atoms in total. The Morgan fingerprint density at radius 1 is 1.11 bits per heavy atom. The lowest BCUT2D eigenvalue weighted by molar-refractivity contribution is -0.133. The zero-order valence-corrected chi connectivity index (χ0v) is 28.4. The summed E-state index contributed by atoms with van der Waals surface area (Å²) in [5, 5.41) is 7.75. The molecule has 2 aromatic carbocycles. The number of carbonyl (C=O) groups excluding carboxylic acids is 2. The van der Waals surface area contributed by atoms with Gasteiger partial charge in [0.05, 0.1) is 10.9 Å². The number of nitrogens with two attached hydrogens (primary N) is 2. The largest absolute Gasteiger partial charge is 0.386 e. The van der Waals surface area contributed by atoms with Gasteiger partial charge in [-0.05, 0) is 91.5 Å². The van der Waals surface area contributed by atoms with Crippen LogP contribution in [0.2, 0.25) is 0 Å². The number of nitrogens with one attached hydrogen (secondary N) is 2. The minimum atomic E-state index is -0.565. The summed E-state index contributed by atoms with van der Waals surface area (Å²) in [6.07, 6.45) is 7.21. The van der Waals surface area contributed by atoms with Gasteiger partial charge in [-0.15, -0.1) is 11.3 Å². The van der Waals surface area contributed by atoms with Crippen LogP contribution < -0.4 is 22.4 Å². The standard InChI is InChI=1S/C36H49N7O2S/c1-5-24(4)25-16-19-36(20-17-25)40-33(31-22-28-8-6-7-9-30(28)46-31)35(45)43(36)29(15-10-23(2)3)26-11-13-27(14-12-26)34(44)39-21-18-32(37)41-42-38/h6-9,11-14,22-25,29,42H,5,10,15-21,38H2,1-4H3,(H2,37,41)(H,39,44). The fourth-order valence-electron chi connectivity index (χ4n) is 7.00. The van der Waals surface area contributed by atoms with Crippen LogP contribution in [-0.2, 0) is 4.79 Å². The number of hydrogen-bond acceptors (Lipinski definition) is 7. The molecule has 2 atom stereocenters. The van der Waals surface area contributed by atoms with Crippen LogP contribution in [0.5, 0.6) is 0 Å². The van der Waals surface area contributed by atoms with E-state index in [4.69, 9.17) is 16.6 Å². The molecule has 0 radical (unpaired) electrons. The molecule has 2 aliphatic rings. The lowest BCUT2D eigenvalue weighted by atomic mass is 9.74. The molecule has 3 aromatic rings. The Kier molecular flexibility index (Phi) is 10.8. The van der Waals surface area contributed by atoms with E-state index in [9.17, 15) is 9.59 Å². The summed E-state index contributed by atoms with van der Waals surface area (Å²) in [6, 6.07) is 18.0. The van der Waals surface area contributed by atoms with Crippen molar-refractivity contribution >= 4 is 44.8 Å². The summed E-state index contributed by atoms with van der Waals surface area (Å²) in [5.41, 5.74) is 9.53. The first kappa shape index (κ1) is 33.6. The summed E-state index contributed by atoms with van der Waals surface area (Å²) in [4.78, 5) is 36.1. The van der Waals surface area contributed by atoms with E-state index in [1.807, 2.05) is 36.4 Å². The van der Waals surface area contributed by atoms with Gasteiger partial charge in [0.15, 0.2) is 0 Å². The maximum absolute atomic E-state index is 14.7. The Balaban J connectivity index is 1.46. The number of carbonyl (C=O) groups is 2. The minimum Gasteiger partial charge on any atom is -0.386 e. The van der Waals surface area contributed by atoms with Crippen molar-refractivity contribution in [2.45, 2.75) is 90.8 Å². The van der Waals surface area contributed by atoms with E-state index in [1.54, 1.807) is 11.3 Å². The van der Waals surface area contributed by atoms with Crippen LogP contribution >= 0.6 is 11.3 Å². The number of thiophene rings is 1. The van der Waals surface area contributed by atoms with E-state index in [1.165, 1.54) is 6.42 Å². The maximum Gasteiger partial charge on any atom is 0.276 e. The molecule has 1 aromatic heterocycles. The predicted octanol–water partition coefficient (Wildman–Crippen LogP) is 6.50. The number of amidine groups is 1. The Morgan fingerprint density at radius 2 is 1.83 bits per heavy atom. The summed E-state index contributed by atoms with van der Waals surface area (Å²) >= 11 is 1.65. The SMILES string of the molecule is CCC(C)C1CCC2(CC1)N=C(c1cc3ccccc3s1)C(=O)N2C(CCC(C)C)c1ccc(C(=O)NCC/C(N)=N/NN)cc1. The summed E-state index contributed by atoms with van der Waals surface area (Å²) in [5.74, 6) is 7.10. The quantitative estimate of drug-likeness (QED) is 0.0729. The summed E-state index contributed by atoms with van der Waals surface area (Å²) < 4.78 is 1.16. The smallest absolute Gasteiger partial charge is 0.276 e. The molecule has 46 heavy (non-hydrogen) atoms. The topological polar surface area (TPSA) is 138 Å². The van der Waals surface area contributed by atoms with Crippen LogP contribution in [0, 0.1) is 17.8 Å². The Hall–Kier alpha value is -3.76. The highest BCUT2D eigenvalue weighted by Gasteiger charge is 2.52. The normalized spacial score (nSPS) is 21.6. The van der Waals surface area contributed by atoms with Gasteiger partial charge in [0.1, 0.15) is 17.2 Å². The van der Waals surface area contributed by atoms with Crippen molar-refractivity contribution in [2.75, 3.05) is 6.54 Å². The van der Waals surface area contributed by atoms with Crippen LogP contribution in [0.1, 0.15) is 106 Å². The van der Waals surface area contributed by atoms with Crippen LogP contribution in [0.3, 0.4) is 0 Å². The fourth-order valence-corrected chi connectivity index (χ4v) is 8.04. The number of hydrazone groups is 1. The van der Waals surface area contributed by atoms with Crippen molar-refractivity contribution in [1.29, 1.82) is 0 Å². The van der Waals surface area contributed by atoms with E-state index in [-0.39, 0.29) is 17.9 Å². The van der Waals surface area contributed by atoms with Crippen LogP contribution in [0.25, 0.3) is 10.1 Å². The van der Waals surface area contributed by atoms with E-state index in [0.717, 1.165) is 59.1 Å². The molecular weight excluding hydrogens is 595 g/mol. The Morgan fingerprint density at radius 3 is 2.48 bits per heavy atom. The molecule has 1 spiro atoms. The number of rotatable bonds is 13. The third kappa shape index (κ3) is 7.28. The second-order valence-corrected chi connectivity index (χ2v) is 14.4. The van der Waals surface area contributed by atoms with Crippen molar-refractivity contribution in [3.8, 4) is 0 Å². The van der Waals surface area contributed by atoms with E-state index >= 15 is 0 Å². The predicted molar refractivity (Wildman–Crippen MR) is 189 cm³/mol. The minimum absolute atomic E-state index is 0.0235. The van der Waals surface area contributed by atoms with Crippen LogP contribution in [-0.4, -0.2) is 40.5 Å². The van der Waals surface area contributed by atoms with Gasteiger partial charge >= 0.3 is 0 Å². The van der Waals surface area contributed by atoms with Gasteiger partial charge in [0.2, 0.25) is 0 Å². The number of aliphatic imine (C=N–C) groups is 1. The monoisotopic (exact) mass is 643 g/mol. The van der Waals surface area contributed by atoms with Crippen molar-refractivity contribution < 1.29 is 9.59 Å². The second kappa shape index (κ2) is 14.8. The number of nitrogens with zero attached hydrogens (tertiary/aromatic N) is 3. The van der Waals surface area contributed by atoms with Gasteiger partial charge in [-0.1, -0.05) is 64.4 Å². The van der Waals surface area contributed by atoms with Crippen molar-refractivity contribution in [2.24, 2.45) is 39.4 Å². The molecule has 2 unspecified atom stereocenters. The van der Waals surface area contributed by atoms with Crippen LogP contribution in [0.4, 0.5) is 0 Å². The molecule has 5 rings (SSSR count).